The van der Waals surface area contributed by atoms with Crippen molar-refractivity contribution < 1.29 is 71.5 Å². The molecule has 0 aliphatic heterocycles. The quantitative estimate of drug-likeness (QED) is 0.199. The van der Waals surface area contributed by atoms with E-state index in [1.807, 2.05) is 12.1 Å². The van der Waals surface area contributed by atoms with Gasteiger partial charge in [-0.3, -0.25) is 0 Å². The molecule has 21 heteroatoms. The Hall–Kier alpha value is 7.92. The Morgan fingerprint density at radius 1 is 0.297 bits per heavy atom. The van der Waals surface area contributed by atoms with Crippen molar-refractivity contribution in [1.82, 2.24) is 0 Å². The predicted molar refractivity (Wildman–Crippen MR) is 103 cm³/mol. The van der Waals surface area contributed by atoms with Crippen LogP contribution < -0.4 is 71.5 Å². The summed E-state index contributed by atoms with van der Waals surface area (Å²) in [6.45, 7) is 0. The van der Waals surface area contributed by atoms with E-state index in [2.05, 4.69) is 0 Å². The zero-order chi connectivity index (χ0) is 24.2. The molecule has 0 bridgehead atoms. The molecule has 0 amide bonds. The van der Waals surface area contributed by atoms with Gasteiger partial charge in [-0.1, -0.05) is 60.7 Å². The second-order valence-corrected chi connectivity index (χ2v) is 4.85. The molecule has 0 aliphatic rings. The van der Waals surface area contributed by atoms with E-state index in [0.29, 0.717) is 0 Å². The fourth-order valence-electron chi connectivity index (χ4n) is 0.841. The van der Waals surface area contributed by atoms with Gasteiger partial charge in [-0.2, -0.15) is 0 Å². The van der Waals surface area contributed by atoms with Gasteiger partial charge < -0.3 is 95.4 Å². The SMILES string of the molecule is [O-]C([O-])([O-])C([O-])([O-])[O-].[O-]C([O-])([O-])C([O-])([O-])[O-].[O-]c1ccccc1.[O-]c1ccccc1.[Sr+2].[Sr+2].[Sr+2].[Sr+2].[Sr+2].[Sr+2].[Sr+2]. The smallest absolute Gasteiger partial charge is 0.879 e. The Morgan fingerprint density at radius 2 is 0.432 bits per heavy atom. The Kier molecular flexibility index (Phi) is 64.0. The van der Waals surface area contributed by atoms with E-state index >= 15 is 0 Å². The molecule has 37 heavy (non-hydrogen) atoms. The summed E-state index contributed by atoms with van der Waals surface area (Å²) in [6, 6.07) is 16.7. The Labute approximate surface area is 472 Å². The monoisotopic (exact) mass is 1040 g/mol. The fraction of sp³-hybridized carbons (Fsp3) is 0.250. The largest absolute Gasteiger partial charge is 2.00 e. The molecule has 14 nitrogen and oxygen atoms in total. The Morgan fingerprint density at radius 3 is 0.486 bits per heavy atom. The number of hydrogen-bond donors (Lipinski definition) is 0. The molecule has 0 unspecified atom stereocenters. The van der Waals surface area contributed by atoms with Crippen molar-refractivity contribution in [2.24, 2.45) is 0 Å². The average molecular weight is 1040 g/mol. The van der Waals surface area contributed by atoms with Crippen molar-refractivity contribution >= 4 is 318 Å². The van der Waals surface area contributed by atoms with Crippen LogP contribution in [0.4, 0.5) is 0 Å². The summed E-state index contributed by atoms with van der Waals surface area (Å²) in [4.78, 5) is 0. The first-order chi connectivity index (χ1) is 13.3. The molecule has 2 rings (SSSR count). The standard InChI is InChI=1S/2C6H6O.2C2O6.7Sr/c2*7-6-4-2-1-3-5-6;2*3-1(4,5)2(6,7)8;;;;;;;/h2*1-5,7H;;;;;;;;;/q;;2*-6;7*+2/p-2. The summed E-state index contributed by atoms with van der Waals surface area (Å²) in [5, 5.41) is 129. The van der Waals surface area contributed by atoms with Crippen LogP contribution in [-0.4, -0.2) is 342 Å². The molecule has 172 valence electrons. The molecule has 0 fully saturated rings. The molecule has 0 aliphatic carbocycles. The molecule has 0 saturated carbocycles. The molecular weight excluding hydrogens is 1030 g/mol. The molecule has 0 heterocycles. The first-order valence-corrected chi connectivity index (χ1v) is 7.18. The number of benzene rings is 2. The van der Waals surface area contributed by atoms with Gasteiger partial charge in [-0.05, 0) is 0 Å². The van der Waals surface area contributed by atoms with Crippen LogP contribution in [0.1, 0.15) is 0 Å². The molecule has 2 aromatic carbocycles. The van der Waals surface area contributed by atoms with E-state index in [9.17, 15) is 10.2 Å². The maximum Gasteiger partial charge on any atom is 2.00 e. The second-order valence-electron chi connectivity index (χ2n) is 4.85. The Balaban J connectivity index is -0.0000000380. The first-order valence-electron chi connectivity index (χ1n) is 7.18. The maximum atomic E-state index is 10.3. The van der Waals surface area contributed by atoms with E-state index in [4.69, 9.17) is 61.3 Å². The van der Waals surface area contributed by atoms with E-state index in [1.54, 1.807) is 24.3 Å². The second kappa shape index (κ2) is 35.2. The maximum absolute atomic E-state index is 10.3. The van der Waals surface area contributed by atoms with Gasteiger partial charge in [0.1, 0.15) is 0 Å². The zero-order valence-electron chi connectivity index (χ0n) is 19.4. The van der Waals surface area contributed by atoms with Gasteiger partial charge in [0.15, 0.2) is 0 Å². The van der Waals surface area contributed by atoms with Crippen molar-refractivity contribution in [2.45, 2.75) is 23.9 Å². The van der Waals surface area contributed by atoms with Crippen molar-refractivity contribution in [1.29, 1.82) is 0 Å². The van der Waals surface area contributed by atoms with Crippen LogP contribution in [0.15, 0.2) is 60.7 Å². The van der Waals surface area contributed by atoms with E-state index in [-0.39, 0.29) is 330 Å². The number of para-hydroxylation sites is 2. The number of hydrogen-bond acceptors (Lipinski definition) is 14. The van der Waals surface area contributed by atoms with Gasteiger partial charge in [0.05, 0.1) is 0 Å². The predicted octanol–water partition coefficient (Wildman–Crippen LogP) is -16.2. The molecule has 2 aromatic rings. The van der Waals surface area contributed by atoms with Crippen molar-refractivity contribution in [3.05, 3.63) is 60.7 Å². The summed E-state index contributed by atoms with van der Waals surface area (Å²) in [6.07, 6.45) is 0. The fourth-order valence-corrected chi connectivity index (χ4v) is 0.841. The third-order valence-electron chi connectivity index (χ3n) is 2.24. The van der Waals surface area contributed by atoms with Gasteiger partial charge in [-0.25, -0.2) is 0 Å². The van der Waals surface area contributed by atoms with Crippen LogP contribution >= 0.6 is 0 Å². The minimum Gasteiger partial charge on any atom is -0.879 e. The topological polar surface area (TPSA) is 323 Å². The third-order valence-corrected chi connectivity index (χ3v) is 2.24. The van der Waals surface area contributed by atoms with Crippen LogP contribution in [-0.2, 0) is 0 Å². The van der Waals surface area contributed by atoms with Gasteiger partial charge >= 0.3 is 318 Å². The average Bonchev–Trinajstić information content (AvgIpc) is 2.54. The van der Waals surface area contributed by atoms with Gasteiger partial charge in [0, 0.05) is 0 Å². The molecular formula is C16H10O14Sr7. The summed E-state index contributed by atoms with van der Waals surface area (Å²) in [7, 11) is 0. The van der Waals surface area contributed by atoms with Crippen LogP contribution in [0.5, 0.6) is 11.5 Å². The molecule has 0 saturated heterocycles. The summed E-state index contributed by atoms with van der Waals surface area (Å²) >= 11 is 0. The van der Waals surface area contributed by atoms with Crippen LogP contribution in [0.3, 0.4) is 0 Å². The molecule has 0 radical (unpaired) electrons. The van der Waals surface area contributed by atoms with Crippen molar-refractivity contribution in [2.75, 3.05) is 0 Å². The van der Waals surface area contributed by atoms with E-state index in [0.717, 1.165) is 0 Å². The van der Waals surface area contributed by atoms with Gasteiger partial charge in [-0.15, -0.1) is 11.5 Å². The minimum absolute atomic E-state index is 0. The van der Waals surface area contributed by atoms with Crippen molar-refractivity contribution in [3.8, 4) is 11.5 Å². The summed E-state index contributed by atoms with van der Waals surface area (Å²) < 4.78 is 0. The molecule has 0 aromatic heterocycles. The van der Waals surface area contributed by atoms with Gasteiger partial charge in [0.25, 0.3) is 0 Å². The molecule has 0 N–H and O–H groups in total. The van der Waals surface area contributed by atoms with E-state index in [1.165, 1.54) is 24.3 Å². The summed E-state index contributed by atoms with van der Waals surface area (Å²) in [5.41, 5.74) is 0. The normalized spacial score (nSPS) is 9.41. The third kappa shape index (κ3) is 43.9. The van der Waals surface area contributed by atoms with E-state index < -0.39 is 23.9 Å². The minimum atomic E-state index is -4.98. The summed E-state index contributed by atoms with van der Waals surface area (Å²) in [5.74, 6) is -19.8. The molecule has 0 spiro atoms. The number of rotatable bonds is 2. The van der Waals surface area contributed by atoms with Crippen LogP contribution in [0.25, 0.3) is 0 Å². The zero-order valence-corrected chi connectivity index (χ0v) is 43.8. The van der Waals surface area contributed by atoms with Crippen LogP contribution in [0.2, 0.25) is 0 Å². The van der Waals surface area contributed by atoms with Crippen molar-refractivity contribution in [3.63, 3.8) is 0 Å². The first kappa shape index (κ1) is 67.2. The van der Waals surface area contributed by atoms with Gasteiger partial charge in [0.2, 0.25) is 0 Å². The van der Waals surface area contributed by atoms with Crippen LogP contribution in [0, 0.1) is 0 Å². The molecule has 0 atom stereocenters. The Bertz CT molecular complexity index is 606.